The van der Waals surface area contributed by atoms with Crippen molar-refractivity contribution in [2.24, 2.45) is 0 Å². The molecule has 1 saturated heterocycles. The van der Waals surface area contributed by atoms with Crippen LogP contribution in [-0.4, -0.2) is 30.4 Å². The van der Waals surface area contributed by atoms with Crippen LogP contribution in [0.2, 0.25) is 0 Å². The summed E-state index contributed by atoms with van der Waals surface area (Å²) >= 11 is 0. The number of hydrogen-bond acceptors (Lipinski definition) is 4. The van der Waals surface area contributed by atoms with Crippen LogP contribution in [0.1, 0.15) is 66.4 Å². The highest BCUT2D eigenvalue weighted by Gasteiger charge is 2.24. The summed E-state index contributed by atoms with van der Waals surface area (Å²) in [7, 11) is 0. The van der Waals surface area contributed by atoms with Crippen LogP contribution in [0.15, 0.2) is 57.7 Å². The number of carbonyl (C=O) groups is 1. The Labute approximate surface area is 189 Å². The van der Waals surface area contributed by atoms with Gasteiger partial charge in [-0.1, -0.05) is 50.6 Å². The van der Waals surface area contributed by atoms with Crippen molar-refractivity contribution in [3.05, 3.63) is 81.2 Å². The van der Waals surface area contributed by atoms with Gasteiger partial charge in [0.05, 0.1) is 11.4 Å². The minimum atomic E-state index is -0.351. The fourth-order valence-corrected chi connectivity index (χ4v) is 4.48. The molecule has 1 aliphatic heterocycles. The van der Waals surface area contributed by atoms with Gasteiger partial charge in [-0.05, 0) is 67.6 Å². The van der Waals surface area contributed by atoms with Crippen molar-refractivity contribution in [2.45, 2.75) is 52.0 Å². The molecule has 0 saturated carbocycles. The van der Waals surface area contributed by atoms with E-state index in [1.165, 1.54) is 36.5 Å². The molecule has 168 valence electrons. The lowest BCUT2D eigenvalue weighted by Gasteiger charge is -2.35. The number of hydrogen-bond donors (Lipinski definition) is 1. The number of nitrogens with zero attached hydrogens (tertiary/aromatic N) is 1. The number of carbonyl (C=O) groups excluding carboxylic acids is 1. The molecule has 2 aromatic carbocycles. The van der Waals surface area contributed by atoms with Gasteiger partial charge < -0.3 is 9.73 Å². The molecule has 0 unspecified atom stereocenters. The van der Waals surface area contributed by atoms with Gasteiger partial charge in [-0.25, -0.2) is 0 Å². The average molecular weight is 433 g/mol. The Kier molecular flexibility index (Phi) is 7.05. The molecular formula is C27H32N2O3. The second kappa shape index (κ2) is 10.1. The van der Waals surface area contributed by atoms with Crippen LogP contribution < -0.4 is 10.7 Å². The fourth-order valence-electron chi connectivity index (χ4n) is 4.48. The van der Waals surface area contributed by atoms with Crippen molar-refractivity contribution in [3.8, 4) is 0 Å². The number of amides is 1. The number of fused-ring (bicyclic) bond motifs is 1. The van der Waals surface area contributed by atoms with Gasteiger partial charge in [0.1, 0.15) is 5.58 Å². The molecule has 32 heavy (non-hydrogen) atoms. The summed E-state index contributed by atoms with van der Waals surface area (Å²) in [5.41, 5.74) is 3.84. The predicted molar refractivity (Wildman–Crippen MR) is 128 cm³/mol. The summed E-state index contributed by atoms with van der Waals surface area (Å²) in [5.74, 6) is -0.291. The third-order valence-corrected chi connectivity index (χ3v) is 6.48. The maximum absolute atomic E-state index is 12.9. The van der Waals surface area contributed by atoms with Gasteiger partial charge in [0.2, 0.25) is 0 Å². The molecule has 3 aromatic rings. The van der Waals surface area contributed by atoms with E-state index in [2.05, 4.69) is 41.4 Å². The van der Waals surface area contributed by atoms with Crippen LogP contribution in [0.3, 0.4) is 0 Å². The average Bonchev–Trinajstić information content (AvgIpc) is 2.84. The Bertz CT molecular complexity index is 1130. The highest BCUT2D eigenvalue weighted by atomic mass is 16.3. The Morgan fingerprint density at radius 3 is 2.34 bits per heavy atom. The summed E-state index contributed by atoms with van der Waals surface area (Å²) in [5, 5.41) is 3.54. The van der Waals surface area contributed by atoms with Gasteiger partial charge in [-0.2, -0.15) is 0 Å². The van der Waals surface area contributed by atoms with Gasteiger partial charge in [0.25, 0.3) is 5.91 Å². The molecule has 1 atom stereocenters. The lowest BCUT2D eigenvalue weighted by molar-refractivity contribution is 0.0897. The summed E-state index contributed by atoms with van der Waals surface area (Å²) in [4.78, 5) is 28.0. The van der Waals surface area contributed by atoms with Gasteiger partial charge in [-0.3, -0.25) is 14.5 Å². The Balaban J connectivity index is 1.54. The minimum Gasteiger partial charge on any atom is -0.451 e. The molecule has 1 N–H and O–H groups in total. The second-order valence-electron chi connectivity index (χ2n) is 8.58. The summed E-state index contributed by atoms with van der Waals surface area (Å²) in [6, 6.07) is 15.6. The van der Waals surface area contributed by atoms with Crippen LogP contribution in [0.4, 0.5) is 0 Å². The summed E-state index contributed by atoms with van der Waals surface area (Å²) in [6.07, 6.45) is 5.46. The van der Waals surface area contributed by atoms with E-state index in [-0.39, 0.29) is 23.1 Å². The monoisotopic (exact) mass is 432 g/mol. The van der Waals surface area contributed by atoms with Crippen LogP contribution in [-0.2, 0) is 12.8 Å². The Morgan fingerprint density at radius 1 is 0.969 bits per heavy atom. The highest BCUT2D eigenvalue weighted by Crippen LogP contribution is 2.25. The maximum atomic E-state index is 12.9. The van der Waals surface area contributed by atoms with Gasteiger partial charge in [-0.15, -0.1) is 0 Å². The third kappa shape index (κ3) is 4.94. The van der Waals surface area contributed by atoms with E-state index >= 15 is 0 Å². The molecular weight excluding hydrogens is 400 g/mol. The molecule has 5 heteroatoms. The molecule has 5 nitrogen and oxygen atoms in total. The highest BCUT2D eigenvalue weighted by molar-refractivity contribution is 5.93. The lowest BCUT2D eigenvalue weighted by Crippen LogP contribution is -2.40. The molecule has 1 aromatic heterocycles. The normalized spacial score (nSPS) is 15.6. The number of rotatable bonds is 7. The lowest BCUT2D eigenvalue weighted by atomic mass is 9.99. The summed E-state index contributed by atoms with van der Waals surface area (Å²) in [6.45, 7) is 6.72. The number of aryl methyl sites for hydroxylation is 2. The number of benzene rings is 2. The van der Waals surface area contributed by atoms with Crippen molar-refractivity contribution >= 4 is 16.9 Å². The van der Waals surface area contributed by atoms with E-state index in [4.69, 9.17) is 4.42 Å². The van der Waals surface area contributed by atoms with Crippen LogP contribution in [0, 0.1) is 0 Å². The first-order valence-corrected chi connectivity index (χ1v) is 11.8. The molecule has 1 amide bonds. The first-order chi connectivity index (χ1) is 15.6. The molecule has 4 rings (SSSR count). The minimum absolute atomic E-state index is 0.0606. The number of piperidine rings is 1. The molecule has 0 spiro atoms. The zero-order valence-electron chi connectivity index (χ0n) is 19.0. The van der Waals surface area contributed by atoms with Gasteiger partial charge >= 0.3 is 0 Å². The molecule has 1 aliphatic rings. The smallest absolute Gasteiger partial charge is 0.287 e. The molecule has 0 aliphatic carbocycles. The third-order valence-electron chi connectivity index (χ3n) is 6.48. The van der Waals surface area contributed by atoms with Crippen LogP contribution in [0.5, 0.6) is 0 Å². The fraction of sp³-hybridized carbons (Fsp3) is 0.407. The van der Waals surface area contributed by atoms with Crippen LogP contribution >= 0.6 is 0 Å². The Hall–Kier alpha value is -2.92. The SMILES string of the molecule is CCc1ccc([C@@H](CNC(=O)c2cc(=O)c3cc(CC)ccc3o2)N2CCCCC2)cc1. The zero-order chi connectivity index (χ0) is 22.5. The quantitative estimate of drug-likeness (QED) is 0.578. The van der Waals surface area contributed by atoms with E-state index < -0.39 is 0 Å². The maximum Gasteiger partial charge on any atom is 0.287 e. The zero-order valence-corrected chi connectivity index (χ0v) is 19.0. The molecule has 0 radical (unpaired) electrons. The number of nitrogens with one attached hydrogen (secondary N) is 1. The molecule has 0 bridgehead atoms. The van der Waals surface area contributed by atoms with Crippen molar-refractivity contribution in [2.75, 3.05) is 19.6 Å². The van der Waals surface area contributed by atoms with E-state index in [1.807, 2.05) is 19.1 Å². The topological polar surface area (TPSA) is 62.6 Å². The van der Waals surface area contributed by atoms with E-state index in [0.29, 0.717) is 17.5 Å². The molecule has 1 fully saturated rings. The second-order valence-corrected chi connectivity index (χ2v) is 8.58. The van der Waals surface area contributed by atoms with Crippen LogP contribution in [0.25, 0.3) is 11.0 Å². The van der Waals surface area contributed by atoms with E-state index in [9.17, 15) is 9.59 Å². The van der Waals surface area contributed by atoms with E-state index in [0.717, 1.165) is 31.5 Å². The molecule has 2 heterocycles. The van der Waals surface area contributed by atoms with Crippen molar-refractivity contribution in [1.29, 1.82) is 0 Å². The first-order valence-electron chi connectivity index (χ1n) is 11.8. The first kappa shape index (κ1) is 22.3. The summed E-state index contributed by atoms with van der Waals surface area (Å²) < 4.78 is 5.79. The van der Waals surface area contributed by atoms with Gasteiger partial charge in [0.15, 0.2) is 11.2 Å². The van der Waals surface area contributed by atoms with Crippen molar-refractivity contribution < 1.29 is 9.21 Å². The van der Waals surface area contributed by atoms with Crippen molar-refractivity contribution in [3.63, 3.8) is 0 Å². The number of likely N-dealkylation sites (tertiary alicyclic amines) is 1. The predicted octanol–water partition coefficient (Wildman–Crippen LogP) is 4.87. The van der Waals surface area contributed by atoms with E-state index in [1.54, 1.807) is 6.07 Å². The van der Waals surface area contributed by atoms with Crippen molar-refractivity contribution in [1.82, 2.24) is 10.2 Å². The Morgan fingerprint density at radius 2 is 1.66 bits per heavy atom. The standard InChI is InChI=1S/C27H32N2O3/c1-3-19-8-11-21(12-9-19)23(29-14-6-5-7-15-29)18-28-27(31)26-17-24(30)22-16-20(4-2)10-13-25(22)32-26/h8-13,16-17,23H,3-7,14-15,18H2,1-2H3,(H,28,31)/t23-/m1/s1. The van der Waals surface area contributed by atoms with Gasteiger partial charge in [0, 0.05) is 12.6 Å². The largest absolute Gasteiger partial charge is 0.451 e.